The van der Waals surface area contributed by atoms with E-state index in [4.69, 9.17) is 10.8 Å². The van der Waals surface area contributed by atoms with Crippen LogP contribution in [0.1, 0.15) is 23.0 Å². The van der Waals surface area contributed by atoms with Gasteiger partial charge in [-0.25, -0.2) is 4.98 Å². The van der Waals surface area contributed by atoms with Gasteiger partial charge in [-0.15, -0.1) is 0 Å². The van der Waals surface area contributed by atoms with E-state index in [-0.39, 0.29) is 6.10 Å². The summed E-state index contributed by atoms with van der Waals surface area (Å²) in [7, 11) is 0. The Morgan fingerprint density at radius 3 is 2.83 bits per heavy atom. The molecule has 1 atom stereocenters. The molecule has 5 N–H and O–H groups in total. The number of pyridine rings is 1. The van der Waals surface area contributed by atoms with E-state index in [0.717, 1.165) is 5.69 Å². The molecular weight excluding hydrogens is 232 g/mol. The van der Waals surface area contributed by atoms with Crippen LogP contribution >= 0.6 is 0 Å². The van der Waals surface area contributed by atoms with Gasteiger partial charge in [-0.2, -0.15) is 0 Å². The van der Waals surface area contributed by atoms with Crippen LogP contribution in [0.2, 0.25) is 0 Å². The van der Waals surface area contributed by atoms with Gasteiger partial charge < -0.3 is 21.5 Å². The van der Waals surface area contributed by atoms with Gasteiger partial charge in [0.25, 0.3) is 5.91 Å². The van der Waals surface area contributed by atoms with Gasteiger partial charge in [-0.05, 0) is 26.0 Å². The molecule has 0 saturated heterocycles. The van der Waals surface area contributed by atoms with Crippen molar-refractivity contribution >= 4 is 11.7 Å². The maximum Gasteiger partial charge on any atom is 0.252 e. The summed E-state index contributed by atoms with van der Waals surface area (Å²) in [6, 6.07) is 3.41. The number of carbonyl (C=O) groups is 1. The minimum Gasteiger partial charge on any atom is -0.392 e. The number of aliphatic hydroxyl groups is 1. The summed E-state index contributed by atoms with van der Waals surface area (Å²) < 4.78 is 0. The first-order valence-corrected chi connectivity index (χ1v) is 5.91. The van der Waals surface area contributed by atoms with Crippen molar-refractivity contribution in [2.75, 3.05) is 25.0 Å². The molecule has 1 rings (SSSR count). The molecule has 0 aliphatic heterocycles. The highest BCUT2D eigenvalue weighted by Crippen LogP contribution is 2.12. The number of aryl methyl sites for hydroxylation is 1. The van der Waals surface area contributed by atoms with Crippen molar-refractivity contribution in [3.8, 4) is 0 Å². The molecule has 1 aromatic rings. The summed E-state index contributed by atoms with van der Waals surface area (Å²) in [6.45, 7) is 5.36. The molecule has 0 aliphatic rings. The summed E-state index contributed by atoms with van der Waals surface area (Å²) in [5, 5.41) is 15.2. The standard InChI is InChI=1S/C12H20N4O2/c1-8-3-4-10(11(13)18)12(16-8)15-6-5-14-7-9(2)17/h3-4,9,14,17H,5-7H2,1-2H3,(H2,13,18)(H,15,16). The smallest absolute Gasteiger partial charge is 0.252 e. The molecule has 0 saturated carbocycles. The lowest BCUT2D eigenvalue weighted by atomic mass is 10.2. The Kier molecular flexibility index (Phi) is 5.54. The first kappa shape index (κ1) is 14.4. The third-order valence-corrected chi connectivity index (χ3v) is 2.33. The molecule has 1 unspecified atom stereocenters. The number of nitrogens with one attached hydrogen (secondary N) is 2. The number of aliphatic hydroxyl groups excluding tert-OH is 1. The van der Waals surface area contributed by atoms with Crippen LogP contribution in [-0.2, 0) is 0 Å². The van der Waals surface area contributed by atoms with E-state index in [1.165, 1.54) is 0 Å². The topological polar surface area (TPSA) is 100 Å². The summed E-state index contributed by atoms with van der Waals surface area (Å²) >= 11 is 0. The van der Waals surface area contributed by atoms with Gasteiger partial charge in [0.2, 0.25) is 0 Å². The largest absolute Gasteiger partial charge is 0.392 e. The SMILES string of the molecule is Cc1ccc(C(N)=O)c(NCCNCC(C)O)n1. The first-order valence-electron chi connectivity index (χ1n) is 5.91. The van der Waals surface area contributed by atoms with Crippen LogP contribution in [0.5, 0.6) is 0 Å². The Hall–Kier alpha value is -1.66. The number of anilines is 1. The van der Waals surface area contributed by atoms with Crippen molar-refractivity contribution in [3.63, 3.8) is 0 Å². The Balaban J connectivity index is 2.50. The second-order valence-electron chi connectivity index (χ2n) is 4.19. The third kappa shape index (κ3) is 4.68. The predicted molar refractivity (Wildman–Crippen MR) is 70.5 cm³/mol. The van der Waals surface area contributed by atoms with Gasteiger partial charge in [0.1, 0.15) is 5.82 Å². The first-order chi connectivity index (χ1) is 8.50. The lowest BCUT2D eigenvalue weighted by molar-refractivity contribution is 0.100. The summed E-state index contributed by atoms with van der Waals surface area (Å²) in [4.78, 5) is 15.4. The Morgan fingerprint density at radius 2 is 2.22 bits per heavy atom. The van der Waals surface area contributed by atoms with Gasteiger partial charge >= 0.3 is 0 Å². The van der Waals surface area contributed by atoms with Gasteiger partial charge in [0.05, 0.1) is 11.7 Å². The number of hydrogen-bond donors (Lipinski definition) is 4. The highest BCUT2D eigenvalue weighted by atomic mass is 16.3. The van der Waals surface area contributed by atoms with Crippen molar-refractivity contribution in [1.82, 2.24) is 10.3 Å². The molecule has 0 radical (unpaired) electrons. The zero-order chi connectivity index (χ0) is 13.5. The van der Waals surface area contributed by atoms with Crippen molar-refractivity contribution in [1.29, 1.82) is 0 Å². The number of hydrogen-bond acceptors (Lipinski definition) is 5. The normalized spacial score (nSPS) is 12.2. The number of rotatable bonds is 7. The highest BCUT2D eigenvalue weighted by molar-refractivity contribution is 5.97. The van der Waals surface area contributed by atoms with Gasteiger partial charge in [0, 0.05) is 25.3 Å². The third-order valence-electron chi connectivity index (χ3n) is 2.33. The van der Waals surface area contributed by atoms with Crippen LogP contribution in [-0.4, -0.2) is 41.7 Å². The lowest BCUT2D eigenvalue weighted by Gasteiger charge is -2.11. The zero-order valence-corrected chi connectivity index (χ0v) is 10.7. The van der Waals surface area contributed by atoms with Crippen LogP contribution in [0, 0.1) is 6.92 Å². The molecule has 1 aromatic heterocycles. The molecule has 0 spiro atoms. The van der Waals surface area contributed by atoms with E-state index in [0.29, 0.717) is 31.0 Å². The van der Waals surface area contributed by atoms with Gasteiger partial charge in [-0.3, -0.25) is 4.79 Å². The Morgan fingerprint density at radius 1 is 1.50 bits per heavy atom. The van der Waals surface area contributed by atoms with E-state index in [2.05, 4.69) is 15.6 Å². The molecular formula is C12H20N4O2. The highest BCUT2D eigenvalue weighted by Gasteiger charge is 2.08. The fraction of sp³-hybridized carbons (Fsp3) is 0.500. The van der Waals surface area contributed by atoms with E-state index in [1.54, 1.807) is 19.1 Å². The number of nitrogens with zero attached hydrogens (tertiary/aromatic N) is 1. The van der Waals surface area contributed by atoms with Crippen molar-refractivity contribution < 1.29 is 9.90 Å². The van der Waals surface area contributed by atoms with E-state index in [9.17, 15) is 4.79 Å². The quantitative estimate of drug-likeness (QED) is 0.507. The number of aromatic nitrogens is 1. The minimum atomic E-state index is -0.498. The maximum absolute atomic E-state index is 11.2. The van der Waals surface area contributed by atoms with Gasteiger partial charge in [-0.1, -0.05) is 0 Å². The average Bonchev–Trinajstić information content (AvgIpc) is 2.27. The molecule has 0 aliphatic carbocycles. The number of amides is 1. The van der Waals surface area contributed by atoms with Crippen molar-refractivity contribution in [3.05, 3.63) is 23.4 Å². The number of primary amides is 1. The molecule has 100 valence electrons. The molecule has 6 nitrogen and oxygen atoms in total. The second kappa shape index (κ2) is 6.93. The van der Waals surface area contributed by atoms with Gasteiger partial charge in [0.15, 0.2) is 0 Å². The molecule has 1 amide bonds. The van der Waals surface area contributed by atoms with Crippen LogP contribution in [0.3, 0.4) is 0 Å². The van der Waals surface area contributed by atoms with E-state index in [1.807, 2.05) is 6.92 Å². The monoisotopic (exact) mass is 252 g/mol. The van der Waals surface area contributed by atoms with E-state index < -0.39 is 5.91 Å². The summed E-state index contributed by atoms with van der Waals surface area (Å²) in [5.41, 5.74) is 6.47. The van der Waals surface area contributed by atoms with Crippen molar-refractivity contribution in [2.45, 2.75) is 20.0 Å². The van der Waals surface area contributed by atoms with Crippen molar-refractivity contribution in [2.24, 2.45) is 5.73 Å². The molecule has 0 bridgehead atoms. The molecule has 0 fully saturated rings. The molecule has 18 heavy (non-hydrogen) atoms. The second-order valence-corrected chi connectivity index (χ2v) is 4.19. The molecule has 0 aromatic carbocycles. The Labute approximate surface area is 107 Å². The predicted octanol–water partition coefficient (Wildman–Crippen LogP) is -0.129. The van der Waals surface area contributed by atoms with Crippen LogP contribution in [0.4, 0.5) is 5.82 Å². The summed E-state index contributed by atoms with van der Waals surface area (Å²) in [5.74, 6) is 0.00304. The van der Waals surface area contributed by atoms with E-state index >= 15 is 0 Å². The number of carbonyl (C=O) groups excluding carboxylic acids is 1. The van der Waals surface area contributed by atoms with Crippen LogP contribution in [0.25, 0.3) is 0 Å². The summed E-state index contributed by atoms with van der Waals surface area (Å²) in [6.07, 6.45) is -0.372. The molecule has 6 heteroatoms. The van der Waals surface area contributed by atoms with Crippen LogP contribution in [0.15, 0.2) is 12.1 Å². The zero-order valence-electron chi connectivity index (χ0n) is 10.7. The maximum atomic E-state index is 11.2. The molecule has 1 heterocycles. The fourth-order valence-electron chi connectivity index (χ4n) is 1.47. The van der Waals surface area contributed by atoms with Crippen LogP contribution < -0.4 is 16.4 Å². The Bertz CT molecular complexity index is 407. The fourth-order valence-corrected chi connectivity index (χ4v) is 1.47. The lowest BCUT2D eigenvalue weighted by Crippen LogP contribution is -2.29. The minimum absolute atomic E-state index is 0.372. The number of nitrogens with two attached hydrogens (primary N) is 1. The average molecular weight is 252 g/mol.